The van der Waals surface area contributed by atoms with Gasteiger partial charge in [0.1, 0.15) is 5.75 Å². The second-order valence-electron chi connectivity index (χ2n) is 15.2. The number of benzene rings is 1. The van der Waals surface area contributed by atoms with E-state index >= 15 is 0 Å². The lowest BCUT2D eigenvalue weighted by molar-refractivity contribution is -0.274. The molecule has 7 nitrogen and oxygen atoms in total. The summed E-state index contributed by atoms with van der Waals surface area (Å²) in [4.78, 5) is 12.8. The molecule has 4 saturated carbocycles. The van der Waals surface area contributed by atoms with Crippen molar-refractivity contribution >= 4 is 15.9 Å². The fourth-order valence-corrected chi connectivity index (χ4v) is 12.0. The Balaban J connectivity index is 1.25. The smallest absolute Gasteiger partial charge is 0.406 e. The summed E-state index contributed by atoms with van der Waals surface area (Å²) < 4.78 is 69.0. The molecule has 0 spiro atoms. The minimum absolute atomic E-state index is 0.0136. The second-order valence-corrected chi connectivity index (χ2v) is 16.9. The number of rotatable bonds is 8. The van der Waals surface area contributed by atoms with Crippen LogP contribution in [-0.2, 0) is 14.8 Å². The van der Waals surface area contributed by atoms with Crippen molar-refractivity contribution in [3.05, 3.63) is 24.3 Å². The number of nitrogens with one attached hydrogen (secondary N) is 1. The van der Waals surface area contributed by atoms with E-state index in [0.29, 0.717) is 30.1 Å². The SMILES string of the molecule is CC[C@H]1[C@@H](O)[C@@H]2[C@H](CC[C@]3(C)[C@@H]([C@H](C)C[C@@H](C)C(=O)NS(=O)(=O)c4ccc(OC(F)(F)F)cc4)CC[C@@H]23)[C@@]2(C)CC[C@@H](O)C[C@@H]12. The van der Waals surface area contributed by atoms with E-state index < -0.39 is 34.0 Å². The Hall–Kier alpha value is -1.85. The molecule has 0 aliphatic heterocycles. The van der Waals surface area contributed by atoms with Gasteiger partial charge in [-0.05, 0) is 128 Å². The third-order valence-corrected chi connectivity index (χ3v) is 14.3. The van der Waals surface area contributed by atoms with Crippen LogP contribution in [0.4, 0.5) is 13.2 Å². The molecule has 1 aromatic rings. The van der Waals surface area contributed by atoms with Crippen LogP contribution >= 0.6 is 0 Å². The second kappa shape index (κ2) is 12.3. The normalized spacial score (nSPS) is 39.6. The molecule has 0 bridgehead atoms. The zero-order valence-corrected chi connectivity index (χ0v) is 27.8. The number of hydrogen-bond acceptors (Lipinski definition) is 6. The number of amides is 1. The van der Waals surface area contributed by atoms with E-state index in [-0.39, 0.29) is 45.7 Å². The lowest BCUT2D eigenvalue weighted by atomic mass is 9.41. The maximum absolute atomic E-state index is 13.1. The highest BCUT2D eigenvalue weighted by atomic mass is 32.2. The first-order valence-corrected chi connectivity index (χ1v) is 18.2. The van der Waals surface area contributed by atoms with Gasteiger partial charge in [0.25, 0.3) is 10.0 Å². The third kappa shape index (κ3) is 6.39. The summed E-state index contributed by atoms with van der Waals surface area (Å²) in [7, 11) is -4.28. The Morgan fingerprint density at radius 2 is 1.62 bits per heavy atom. The van der Waals surface area contributed by atoms with E-state index in [4.69, 9.17) is 0 Å². The average Bonchev–Trinajstić information content (AvgIpc) is 3.30. The first-order chi connectivity index (χ1) is 20.9. The summed E-state index contributed by atoms with van der Waals surface area (Å²) in [5.41, 5.74) is 0.137. The van der Waals surface area contributed by atoms with Crippen LogP contribution in [0.1, 0.15) is 92.4 Å². The molecule has 4 fully saturated rings. The monoisotopic (exact) mass is 657 g/mol. The molecule has 4 aliphatic rings. The van der Waals surface area contributed by atoms with Crippen molar-refractivity contribution in [2.45, 2.75) is 116 Å². The molecule has 0 heterocycles. The first-order valence-electron chi connectivity index (χ1n) is 16.7. The maximum Gasteiger partial charge on any atom is 0.573 e. The molecule has 12 atom stereocenters. The number of fused-ring (bicyclic) bond motifs is 5. The minimum Gasteiger partial charge on any atom is -0.406 e. The Morgan fingerprint density at radius 1 is 1.00 bits per heavy atom. The maximum atomic E-state index is 13.1. The molecule has 0 radical (unpaired) electrons. The highest BCUT2D eigenvalue weighted by Crippen LogP contribution is 2.69. The van der Waals surface area contributed by atoms with Crippen LogP contribution in [0, 0.1) is 58.2 Å². The number of sulfonamides is 1. The molecule has 1 amide bonds. The molecular formula is C34H50F3NO6S. The highest BCUT2D eigenvalue weighted by molar-refractivity contribution is 7.90. The van der Waals surface area contributed by atoms with Gasteiger partial charge in [0.05, 0.1) is 17.1 Å². The summed E-state index contributed by atoms with van der Waals surface area (Å²) in [6.07, 6.45) is 2.62. The van der Waals surface area contributed by atoms with Crippen LogP contribution in [0.15, 0.2) is 29.2 Å². The van der Waals surface area contributed by atoms with E-state index in [2.05, 4.69) is 37.2 Å². The molecule has 254 valence electrons. The van der Waals surface area contributed by atoms with Gasteiger partial charge in [-0.1, -0.05) is 41.0 Å². The van der Waals surface area contributed by atoms with Crippen molar-refractivity contribution in [2.24, 2.45) is 58.2 Å². The van der Waals surface area contributed by atoms with E-state index in [9.17, 15) is 36.6 Å². The molecule has 11 heteroatoms. The summed E-state index contributed by atoms with van der Waals surface area (Å²) in [5, 5.41) is 22.5. The van der Waals surface area contributed by atoms with Gasteiger partial charge >= 0.3 is 6.36 Å². The van der Waals surface area contributed by atoms with Crippen LogP contribution in [0.3, 0.4) is 0 Å². The zero-order chi connectivity index (χ0) is 33.1. The van der Waals surface area contributed by atoms with Crippen molar-refractivity contribution in [3.63, 3.8) is 0 Å². The van der Waals surface area contributed by atoms with E-state index in [1.807, 2.05) is 0 Å². The predicted molar refractivity (Wildman–Crippen MR) is 163 cm³/mol. The van der Waals surface area contributed by atoms with Gasteiger partial charge in [0, 0.05) is 5.92 Å². The topological polar surface area (TPSA) is 113 Å². The fourth-order valence-electron chi connectivity index (χ4n) is 10.9. The summed E-state index contributed by atoms with van der Waals surface area (Å²) in [6, 6.07) is 3.74. The number of carbonyl (C=O) groups is 1. The quantitative estimate of drug-likeness (QED) is 0.288. The predicted octanol–water partition coefficient (Wildman–Crippen LogP) is 6.68. The third-order valence-electron chi connectivity index (χ3n) is 12.9. The molecule has 1 aromatic carbocycles. The number of hydrogen-bond donors (Lipinski definition) is 3. The molecule has 5 rings (SSSR count). The highest BCUT2D eigenvalue weighted by Gasteiger charge is 2.65. The lowest BCUT2D eigenvalue weighted by Gasteiger charge is -2.64. The number of aliphatic hydroxyl groups excluding tert-OH is 2. The summed E-state index contributed by atoms with van der Waals surface area (Å²) >= 11 is 0. The van der Waals surface area contributed by atoms with Crippen molar-refractivity contribution in [3.8, 4) is 5.75 Å². The van der Waals surface area contributed by atoms with Crippen molar-refractivity contribution in [1.82, 2.24) is 4.72 Å². The molecule has 45 heavy (non-hydrogen) atoms. The van der Waals surface area contributed by atoms with Crippen molar-refractivity contribution in [2.75, 3.05) is 0 Å². The molecule has 3 N–H and O–H groups in total. The van der Waals surface area contributed by atoms with E-state index in [1.54, 1.807) is 6.92 Å². The Labute approximate surface area is 265 Å². The molecule has 4 aliphatic carbocycles. The van der Waals surface area contributed by atoms with Crippen LogP contribution < -0.4 is 9.46 Å². The van der Waals surface area contributed by atoms with Gasteiger partial charge in [-0.15, -0.1) is 13.2 Å². The fraction of sp³-hybridized carbons (Fsp3) is 0.794. The number of carbonyl (C=O) groups excluding carboxylic acids is 1. The molecule has 0 unspecified atom stereocenters. The van der Waals surface area contributed by atoms with Crippen LogP contribution in [0.2, 0.25) is 0 Å². The van der Waals surface area contributed by atoms with E-state index in [1.165, 1.54) is 0 Å². The standard InChI is InChI=1S/C34H50F3NO6S/c1-6-24-28-18-21(39)13-15-33(28,5)27-14-16-32(4)25(11-12-26(32)29(27)30(24)40)19(2)17-20(3)31(41)38-45(42,43)23-9-7-22(8-10-23)44-34(35,36)37/h7-10,19-21,24-30,39-40H,6,11-18H2,1-5H3,(H,38,41)/t19-,20-,21-,24-,25-,26+,27+,28+,29+,30-,32-,33-/m1/s1. The number of ether oxygens (including phenoxy) is 1. The Morgan fingerprint density at radius 3 is 2.24 bits per heavy atom. The molecule has 0 aromatic heterocycles. The first kappa shape index (κ1) is 34.5. The van der Waals surface area contributed by atoms with Gasteiger partial charge in [0.15, 0.2) is 0 Å². The Bertz CT molecular complexity index is 1340. The lowest BCUT2D eigenvalue weighted by Crippen LogP contribution is -2.62. The van der Waals surface area contributed by atoms with Crippen molar-refractivity contribution < 1.29 is 41.3 Å². The van der Waals surface area contributed by atoms with Gasteiger partial charge < -0.3 is 14.9 Å². The van der Waals surface area contributed by atoms with Gasteiger partial charge in [0.2, 0.25) is 5.91 Å². The van der Waals surface area contributed by atoms with Crippen LogP contribution in [0.25, 0.3) is 0 Å². The molecular weight excluding hydrogens is 607 g/mol. The number of alkyl halides is 3. The average molecular weight is 658 g/mol. The largest absolute Gasteiger partial charge is 0.573 e. The van der Waals surface area contributed by atoms with E-state index in [0.717, 1.165) is 75.6 Å². The van der Waals surface area contributed by atoms with Crippen molar-refractivity contribution in [1.29, 1.82) is 0 Å². The van der Waals surface area contributed by atoms with Crippen LogP contribution in [-0.4, -0.2) is 43.1 Å². The summed E-state index contributed by atoms with van der Waals surface area (Å²) in [5.74, 6) is 0.250. The van der Waals surface area contributed by atoms with Gasteiger partial charge in [-0.25, -0.2) is 13.1 Å². The summed E-state index contributed by atoms with van der Waals surface area (Å²) in [6.45, 7) is 10.8. The zero-order valence-electron chi connectivity index (χ0n) is 27.0. The minimum atomic E-state index is -4.90. The number of aliphatic hydroxyl groups is 2. The molecule has 0 saturated heterocycles. The van der Waals surface area contributed by atoms with Crippen LogP contribution in [0.5, 0.6) is 5.75 Å². The number of halogens is 3. The Kier molecular flexibility index (Phi) is 9.43. The van der Waals surface area contributed by atoms with Gasteiger partial charge in [-0.3, -0.25) is 4.79 Å². The van der Waals surface area contributed by atoms with Gasteiger partial charge in [-0.2, -0.15) is 0 Å².